The zero-order valence-corrected chi connectivity index (χ0v) is 8.65. The molecule has 4 nitrogen and oxygen atoms in total. The molecule has 74 valence electrons. The Labute approximate surface area is 74.2 Å². The fraction of sp³-hybridized carbons (Fsp3) is 1.00. The summed E-state index contributed by atoms with van der Waals surface area (Å²) in [5.41, 5.74) is 5.18. The van der Waals surface area contributed by atoms with E-state index < -0.39 is 10.1 Å². The highest BCUT2D eigenvalue weighted by atomic mass is 32.2. The summed E-state index contributed by atoms with van der Waals surface area (Å²) in [6, 6.07) is 0. The van der Waals surface area contributed by atoms with Crippen LogP contribution in [0.25, 0.3) is 0 Å². The van der Waals surface area contributed by atoms with E-state index in [0.717, 1.165) is 12.7 Å². The number of nitrogens with two attached hydrogens (primary N) is 1. The molecule has 0 fully saturated rings. The fourth-order valence-corrected chi connectivity index (χ4v) is 1.26. The van der Waals surface area contributed by atoms with Crippen LogP contribution in [0.1, 0.15) is 20.3 Å². The Morgan fingerprint density at radius 1 is 1.42 bits per heavy atom. The van der Waals surface area contributed by atoms with Gasteiger partial charge in [-0.15, -0.1) is 0 Å². The van der Waals surface area contributed by atoms with Crippen LogP contribution in [0.4, 0.5) is 0 Å². The Hall–Kier alpha value is -0.130. The van der Waals surface area contributed by atoms with E-state index in [1.165, 1.54) is 0 Å². The van der Waals surface area contributed by atoms with E-state index >= 15 is 0 Å². The first-order chi connectivity index (χ1) is 5.27. The summed E-state index contributed by atoms with van der Waals surface area (Å²) in [4.78, 5) is 0. The molecule has 0 radical (unpaired) electrons. The highest BCUT2D eigenvalue weighted by molar-refractivity contribution is 7.85. The lowest BCUT2D eigenvalue weighted by molar-refractivity contribution is 0.179. The summed E-state index contributed by atoms with van der Waals surface area (Å²) in [7, 11) is -3.32. The van der Waals surface area contributed by atoms with E-state index in [2.05, 4.69) is 4.18 Å². The van der Waals surface area contributed by atoms with Crippen molar-refractivity contribution in [2.75, 3.05) is 19.4 Å². The van der Waals surface area contributed by atoms with E-state index in [4.69, 9.17) is 5.73 Å². The van der Waals surface area contributed by atoms with Gasteiger partial charge in [-0.3, -0.25) is 4.18 Å². The molecule has 5 heteroatoms. The summed E-state index contributed by atoms with van der Waals surface area (Å²) in [6.07, 6.45) is 1.80. The topological polar surface area (TPSA) is 69.4 Å². The fourth-order valence-electron chi connectivity index (χ4n) is 0.729. The molecule has 0 atom stereocenters. The standard InChI is InChI=1S/C7H17NO3S/c1-7(2,4-5-8)6-11-12(3,9)10/h4-6,8H2,1-3H3. The van der Waals surface area contributed by atoms with Crippen LogP contribution in [-0.4, -0.2) is 27.8 Å². The van der Waals surface area contributed by atoms with Crippen LogP contribution < -0.4 is 5.73 Å². The lowest BCUT2D eigenvalue weighted by Crippen LogP contribution is -2.24. The third kappa shape index (κ3) is 6.57. The van der Waals surface area contributed by atoms with Gasteiger partial charge in [0.05, 0.1) is 12.9 Å². The SMILES string of the molecule is CC(C)(CCN)COS(C)(=O)=O. The Bertz CT molecular complexity index is 221. The minimum Gasteiger partial charge on any atom is -0.330 e. The van der Waals surface area contributed by atoms with Gasteiger partial charge in [-0.2, -0.15) is 8.42 Å². The maximum absolute atomic E-state index is 10.6. The van der Waals surface area contributed by atoms with E-state index in [9.17, 15) is 8.42 Å². The van der Waals surface area contributed by atoms with Gasteiger partial charge in [-0.05, 0) is 18.4 Å². The molecule has 0 rings (SSSR count). The lowest BCUT2D eigenvalue weighted by atomic mass is 9.91. The monoisotopic (exact) mass is 195 g/mol. The first kappa shape index (κ1) is 11.9. The Morgan fingerprint density at radius 3 is 2.25 bits per heavy atom. The molecule has 0 aromatic heterocycles. The second-order valence-electron chi connectivity index (χ2n) is 3.67. The molecular weight excluding hydrogens is 178 g/mol. The number of hydrogen-bond donors (Lipinski definition) is 1. The average molecular weight is 195 g/mol. The highest BCUT2D eigenvalue weighted by Gasteiger charge is 2.19. The normalized spacial score (nSPS) is 13.3. The number of rotatable bonds is 5. The van der Waals surface area contributed by atoms with Crippen molar-refractivity contribution in [2.24, 2.45) is 11.1 Å². The molecular formula is C7H17NO3S. The van der Waals surface area contributed by atoms with Crippen LogP contribution in [0.2, 0.25) is 0 Å². The summed E-state index contributed by atoms with van der Waals surface area (Å²) in [5, 5.41) is 0. The van der Waals surface area contributed by atoms with Gasteiger partial charge in [0.15, 0.2) is 0 Å². The third-order valence-corrected chi connectivity index (χ3v) is 2.03. The molecule has 0 spiro atoms. The predicted octanol–water partition coefficient (Wildman–Crippen LogP) is 0.338. The van der Waals surface area contributed by atoms with Gasteiger partial charge >= 0.3 is 0 Å². The maximum Gasteiger partial charge on any atom is 0.264 e. The van der Waals surface area contributed by atoms with Crippen molar-refractivity contribution in [1.29, 1.82) is 0 Å². The van der Waals surface area contributed by atoms with Gasteiger partial charge in [-0.1, -0.05) is 13.8 Å². The molecule has 0 aliphatic rings. The summed E-state index contributed by atoms with van der Waals surface area (Å²) in [5.74, 6) is 0. The van der Waals surface area contributed by atoms with E-state index in [1.807, 2.05) is 13.8 Å². The molecule has 12 heavy (non-hydrogen) atoms. The second-order valence-corrected chi connectivity index (χ2v) is 5.31. The van der Waals surface area contributed by atoms with Crippen molar-refractivity contribution >= 4 is 10.1 Å². The van der Waals surface area contributed by atoms with Crippen LogP contribution in [0.5, 0.6) is 0 Å². The van der Waals surface area contributed by atoms with Crippen LogP contribution in [0.15, 0.2) is 0 Å². The quantitative estimate of drug-likeness (QED) is 0.642. The van der Waals surface area contributed by atoms with Crippen molar-refractivity contribution in [1.82, 2.24) is 0 Å². The van der Waals surface area contributed by atoms with Crippen molar-refractivity contribution in [3.05, 3.63) is 0 Å². The molecule has 0 unspecified atom stereocenters. The van der Waals surface area contributed by atoms with Gasteiger partial charge in [0.1, 0.15) is 0 Å². The van der Waals surface area contributed by atoms with Gasteiger partial charge in [-0.25, -0.2) is 0 Å². The summed E-state index contributed by atoms with van der Waals surface area (Å²) in [6.45, 7) is 4.58. The molecule has 0 bridgehead atoms. The molecule has 0 aromatic rings. The van der Waals surface area contributed by atoms with E-state index in [0.29, 0.717) is 6.54 Å². The molecule has 0 saturated carbocycles. The van der Waals surface area contributed by atoms with Gasteiger partial charge in [0.2, 0.25) is 0 Å². The molecule has 0 aromatic carbocycles. The largest absolute Gasteiger partial charge is 0.330 e. The zero-order chi connectivity index (χ0) is 9.83. The Balaban J connectivity index is 3.92. The average Bonchev–Trinajstić information content (AvgIpc) is 1.83. The van der Waals surface area contributed by atoms with Crippen molar-refractivity contribution < 1.29 is 12.6 Å². The van der Waals surface area contributed by atoms with E-state index in [1.54, 1.807) is 0 Å². The van der Waals surface area contributed by atoms with Crippen LogP contribution in [0, 0.1) is 5.41 Å². The van der Waals surface area contributed by atoms with Gasteiger partial charge < -0.3 is 5.73 Å². The minimum absolute atomic E-state index is 0.169. The van der Waals surface area contributed by atoms with Crippen molar-refractivity contribution in [2.45, 2.75) is 20.3 Å². The molecule has 0 amide bonds. The predicted molar refractivity (Wildman–Crippen MR) is 48.2 cm³/mol. The summed E-state index contributed by atoms with van der Waals surface area (Å²) >= 11 is 0. The van der Waals surface area contributed by atoms with Crippen LogP contribution >= 0.6 is 0 Å². The van der Waals surface area contributed by atoms with E-state index in [-0.39, 0.29) is 12.0 Å². The first-order valence-electron chi connectivity index (χ1n) is 3.81. The molecule has 0 aliphatic carbocycles. The van der Waals surface area contributed by atoms with Crippen LogP contribution in [-0.2, 0) is 14.3 Å². The second kappa shape index (κ2) is 4.20. The van der Waals surface area contributed by atoms with Gasteiger partial charge in [0, 0.05) is 0 Å². The maximum atomic E-state index is 10.6. The number of hydrogen-bond acceptors (Lipinski definition) is 4. The van der Waals surface area contributed by atoms with Gasteiger partial charge in [0.25, 0.3) is 10.1 Å². The molecule has 0 heterocycles. The third-order valence-electron chi connectivity index (χ3n) is 1.48. The van der Waals surface area contributed by atoms with Crippen molar-refractivity contribution in [3.63, 3.8) is 0 Å². The molecule has 0 aliphatic heterocycles. The Kier molecular flexibility index (Phi) is 4.16. The highest BCUT2D eigenvalue weighted by Crippen LogP contribution is 2.20. The zero-order valence-electron chi connectivity index (χ0n) is 7.83. The minimum atomic E-state index is -3.32. The summed E-state index contributed by atoms with van der Waals surface area (Å²) < 4.78 is 25.9. The lowest BCUT2D eigenvalue weighted by Gasteiger charge is -2.22. The smallest absolute Gasteiger partial charge is 0.264 e. The first-order valence-corrected chi connectivity index (χ1v) is 5.63. The Morgan fingerprint density at radius 2 is 1.92 bits per heavy atom. The molecule has 0 saturated heterocycles. The van der Waals surface area contributed by atoms with Crippen LogP contribution in [0.3, 0.4) is 0 Å². The van der Waals surface area contributed by atoms with Crippen molar-refractivity contribution in [3.8, 4) is 0 Å². The molecule has 2 N–H and O–H groups in total.